The van der Waals surface area contributed by atoms with Crippen molar-refractivity contribution in [2.75, 3.05) is 19.6 Å². The highest BCUT2D eigenvalue weighted by molar-refractivity contribution is 5.82. The average Bonchev–Trinajstić information content (AvgIpc) is 3.27. The summed E-state index contributed by atoms with van der Waals surface area (Å²) in [4.78, 5) is 30.8. The molecular formula is C25H30F3N3O3. The normalized spacial score (nSPS) is 23.9. The summed E-state index contributed by atoms with van der Waals surface area (Å²) in [6.07, 6.45) is 5.12. The van der Waals surface area contributed by atoms with Crippen molar-refractivity contribution in [3.8, 4) is 5.75 Å². The Morgan fingerprint density at radius 3 is 2.79 bits per heavy atom. The molecule has 1 spiro atoms. The maximum absolute atomic E-state index is 12.9. The lowest BCUT2D eigenvalue weighted by molar-refractivity contribution is -0.160. The number of piperidine rings is 1. The summed E-state index contributed by atoms with van der Waals surface area (Å²) >= 11 is 0. The van der Waals surface area contributed by atoms with E-state index in [1.165, 1.54) is 12.2 Å². The number of hydrogen-bond acceptors (Lipinski definition) is 4. The van der Waals surface area contributed by atoms with Crippen molar-refractivity contribution in [3.63, 3.8) is 0 Å². The lowest BCUT2D eigenvalue weighted by Crippen LogP contribution is -2.41. The molecule has 3 unspecified atom stereocenters. The number of pyridine rings is 1. The monoisotopic (exact) mass is 477 g/mol. The van der Waals surface area contributed by atoms with Gasteiger partial charge in [0.1, 0.15) is 5.75 Å². The van der Waals surface area contributed by atoms with Gasteiger partial charge in [0.25, 0.3) is 5.91 Å². The summed E-state index contributed by atoms with van der Waals surface area (Å²) in [5.74, 6) is -0.787. The Kier molecular flexibility index (Phi) is 7.00. The topological polar surface area (TPSA) is 71.5 Å². The zero-order chi connectivity index (χ0) is 24.3. The fraction of sp³-hybridized carbons (Fsp3) is 0.560. The first-order chi connectivity index (χ1) is 16.2. The van der Waals surface area contributed by atoms with E-state index in [0.29, 0.717) is 37.7 Å². The number of alkyl halides is 3. The van der Waals surface area contributed by atoms with E-state index in [2.05, 4.69) is 16.9 Å². The van der Waals surface area contributed by atoms with E-state index >= 15 is 0 Å². The summed E-state index contributed by atoms with van der Waals surface area (Å²) in [5.41, 5.74) is 1.08. The van der Waals surface area contributed by atoms with Gasteiger partial charge in [-0.05, 0) is 43.1 Å². The molecule has 184 valence electrons. The van der Waals surface area contributed by atoms with E-state index in [0.717, 1.165) is 30.9 Å². The number of carbonyl (C=O) groups excluding carboxylic acids is 2. The summed E-state index contributed by atoms with van der Waals surface area (Å²) in [7, 11) is 0. The molecule has 34 heavy (non-hydrogen) atoms. The molecule has 1 aliphatic carbocycles. The van der Waals surface area contributed by atoms with Gasteiger partial charge in [0, 0.05) is 50.4 Å². The third kappa shape index (κ3) is 5.45. The van der Waals surface area contributed by atoms with Crippen LogP contribution in [0.1, 0.15) is 37.7 Å². The van der Waals surface area contributed by atoms with Gasteiger partial charge in [-0.15, -0.1) is 6.58 Å². The Balaban J connectivity index is 1.17. The molecule has 0 bridgehead atoms. The first-order valence-electron chi connectivity index (χ1n) is 11.7. The Hall–Kier alpha value is -2.84. The van der Waals surface area contributed by atoms with Gasteiger partial charge in [0.15, 0.2) is 6.10 Å². The first kappa shape index (κ1) is 24.3. The van der Waals surface area contributed by atoms with Gasteiger partial charge in [-0.25, -0.2) is 0 Å². The van der Waals surface area contributed by atoms with Crippen LogP contribution in [0.3, 0.4) is 0 Å². The molecule has 9 heteroatoms. The highest BCUT2D eigenvalue weighted by atomic mass is 19.4. The lowest BCUT2D eigenvalue weighted by Gasteiger charge is -2.33. The Morgan fingerprint density at radius 1 is 1.35 bits per heavy atom. The summed E-state index contributed by atoms with van der Waals surface area (Å²) in [6, 6.07) is 1.76. The molecule has 3 atom stereocenters. The number of carbonyl (C=O) groups is 2. The molecule has 1 saturated heterocycles. The van der Waals surface area contributed by atoms with Crippen LogP contribution in [0, 0.1) is 17.3 Å². The van der Waals surface area contributed by atoms with Gasteiger partial charge < -0.3 is 15.0 Å². The molecule has 2 amide bonds. The van der Waals surface area contributed by atoms with Gasteiger partial charge in [-0.2, -0.15) is 13.2 Å². The van der Waals surface area contributed by atoms with Crippen molar-refractivity contribution < 1.29 is 27.5 Å². The van der Waals surface area contributed by atoms with Gasteiger partial charge >= 0.3 is 6.18 Å². The molecule has 3 aliphatic rings. The van der Waals surface area contributed by atoms with E-state index in [-0.39, 0.29) is 30.1 Å². The van der Waals surface area contributed by atoms with E-state index in [1.54, 1.807) is 23.4 Å². The van der Waals surface area contributed by atoms with Crippen molar-refractivity contribution in [2.24, 2.45) is 17.3 Å². The first-order valence-corrected chi connectivity index (χ1v) is 11.7. The SMILES string of the molecule is C=CCC(/C=C/CC(=O)N1CCC2(CC1)CC2CNC(=O)C1Cc2cnccc2O1)C(F)(F)F. The number of nitrogens with zero attached hydrogens (tertiary/aromatic N) is 2. The molecule has 1 saturated carbocycles. The molecule has 1 aromatic rings. The Morgan fingerprint density at radius 2 is 2.12 bits per heavy atom. The average molecular weight is 478 g/mol. The minimum absolute atomic E-state index is 0.0322. The minimum atomic E-state index is -4.34. The van der Waals surface area contributed by atoms with Gasteiger partial charge in [0.2, 0.25) is 5.91 Å². The second kappa shape index (κ2) is 9.80. The van der Waals surface area contributed by atoms with Crippen LogP contribution in [0.25, 0.3) is 0 Å². The van der Waals surface area contributed by atoms with Crippen molar-refractivity contribution in [2.45, 2.75) is 50.8 Å². The second-order valence-electron chi connectivity index (χ2n) is 9.49. The molecule has 2 fully saturated rings. The standard InChI is InChI=1S/C25H30F3N3O3/c1-2-4-18(25(26,27)28)5-3-6-22(32)31-11-8-24(9-12-31)14-19(24)16-30-23(33)21-13-17-15-29-10-7-20(17)34-21/h2-3,5,7,10,15,18-19,21H,1,4,6,8-9,11-14,16H2,(H,30,33)/b5-3+. The van der Waals surface area contributed by atoms with Crippen LogP contribution in [-0.2, 0) is 16.0 Å². The summed E-state index contributed by atoms with van der Waals surface area (Å²) < 4.78 is 44.6. The van der Waals surface area contributed by atoms with E-state index < -0.39 is 18.2 Å². The number of rotatable bonds is 8. The maximum atomic E-state index is 12.9. The van der Waals surface area contributed by atoms with Crippen LogP contribution < -0.4 is 10.1 Å². The second-order valence-corrected chi connectivity index (χ2v) is 9.49. The third-order valence-electron chi connectivity index (χ3n) is 7.32. The van der Waals surface area contributed by atoms with Crippen LogP contribution >= 0.6 is 0 Å². The van der Waals surface area contributed by atoms with Gasteiger partial charge in [-0.3, -0.25) is 14.6 Å². The number of fused-ring (bicyclic) bond motifs is 1. The Bertz CT molecular complexity index is 929. The molecule has 6 nitrogen and oxygen atoms in total. The fourth-order valence-corrected chi connectivity index (χ4v) is 5.06. The molecule has 3 heterocycles. The predicted octanol–water partition coefficient (Wildman–Crippen LogP) is 3.83. The van der Waals surface area contributed by atoms with Crippen molar-refractivity contribution in [1.29, 1.82) is 0 Å². The van der Waals surface area contributed by atoms with Gasteiger partial charge in [-0.1, -0.05) is 18.2 Å². The number of ether oxygens (including phenoxy) is 1. The number of hydrogen-bond donors (Lipinski definition) is 1. The van der Waals surface area contributed by atoms with Crippen LogP contribution in [0.2, 0.25) is 0 Å². The Labute approximate surface area is 197 Å². The van der Waals surface area contributed by atoms with Crippen molar-refractivity contribution >= 4 is 11.8 Å². The molecule has 1 N–H and O–H groups in total. The summed E-state index contributed by atoms with van der Waals surface area (Å²) in [6.45, 7) is 5.15. The van der Waals surface area contributed by atoms with Crippen LogP contribution in [0.5, 0.6) is 5.75 Å². The fourth-order valence-electron chi connectivity index (χ4n) is 5.06. The van der Waals surface area contributed by atoms with Crippen molar-refractivity contribution in [1.82, 2.24) is 15.2 Å². The maximum Gasteiger partial charge on any atom is 0.395 e. The van der Waals surface area contributed by atoms with Crippen LogP contribution in [0.4, 0.5) is 13.2 Å². The molecule has 4 rings (SSSR count). The number of halogens is 3. The third-order valence-corrected chi connectivity index (χ3v) is 7.32. The van der Waals surface area contributed by atoms with Crippen LogP contribution in [0.15, 0.2) is 43.3 Å². The molecule has 0 aromatic carbocycles. The highest BCUT2D eigenvalue weighted by Gasteiger charge is 2.54. The molecule has 0 radical (unpaired) electrons. The number of amides is 2. The molecule has 1 aromatic heterocycles. The van der Waals surface area contributed by atoms with Crippen molar-refractivity contribution in [3.05, 3.63) is 48.8 Å². The quantitative estimate of drug-likeness (QED) is 0.578. The summed E-state index contributed by atoms with van der Waals surface area (Å²) in [5, 5.41) is 3.01. The number of nitrogens with one attached hydrogen (secondary N) is 1. The van der Waals surface area contributed by atoms with Gasteiger partial charge in [0.05, 0.1) is 5.92 Å². The van der Waals surface area contributed by atoms with E-state index in [4.69, 9.17) is 4.74 Å². The number of allylic oxidation sites excluding steroid dienone is 2. The zero-order valence-corrected chi connectivity index (χ0v) is 19.0. The molecular weight excluding hydrogens is 447 g/mol. The molecule has 2 aliphatic heterocycles. The smallest absolute Gasteiger partial charge is 0.395 e. The predicted molar refractivity (Wildman–Crippen MR) is 120 cm³/mol. The zero-order valence-electron chi connectivity index (χ0n) is 19.0. The van der Waals surface area contributed by atoms with Crippen LogP contribution in [-0.4, -0.2) is 53.6 Å². The number of likely N-dealkylation sites (tertiary alicyclic amines) is 1. The van der Waals surface area contributed by atoms with E-state index in [1.807, 2.05) is 0 Å². The largest absolute Gasteiger partial charge is 0.480 e. The minimum Gasteiger partial charge on any atom is -0.480 e. The number of aromatic nitrogens is 1. The highest BCUT2D eigenvalue weighted by Crippen LogP contribution is 2.59. The lowest BCUT2D eigenvalue weighted by atomic mass is 9.90. The van der Waals surface area contributed by atoms with E-state index in [9.17, 15) is 22.8 Å².